The van der Waals surface area contributed by atoms with Crippen molar-refractivity contribution in [3.05, 3.63) is 33.1 Å². The van der Waals surface area contributed by atoms with Crippen molar-refractivity contribution in [2.45, 2.75) is 55.2 Å². The molecule has 3 rings (SSSR count). The average Bonchev–Trinajstić information content (AvgIpc) is 3.06. The van der Waals surface area contributed by atoms with Gasteiger partial charge in [-0.2, -0.15) is 0 Å². The van der Waals surface area contributed by atoms with Gasteiger partial charge in [0.25, 0.3) is 21.2 Å². The van der Waals surface area contributed by atoms with E-state index in [1.807, 2.05) is 4.98 Å². The van der Waals surface area contributed by atoms with Crippen molar-refractivity contribution in [2.75, 3.05) is 13.2 Å². The van der Waals surface area contributed by atoms with Gasteiger partial charge in [-0.25, -0.2) is 9.11 Å². The Morgan fingerprint density at radius 1 is 0.921 bits per heavy atom. The Labute approximate surface area is 256 Å². The molecule has 0 amide bonds. The number of hydrogen-bond donors (Lipinski definition) is 7. The van der Waals surface area contributed by atoms with Gasteiger partial charge in [-0.15, -0.1) is 0 Å². The summed E-state index contributed by atoms with van der Waals surface area (Å²) in [6.45, 7) is -2.05. The van der Waals surface area contributed by atoms with Gasteiger partial charge in [0.2, 0.25) is 0 Å². The average molecular weight is 611 g/mol. The molecule has 0 aliphatic carbocycles. The number of aromatic amines is 1. The number of nitrogens with zero attached hydrogens (tertiary/aromatic N) is 1. The predicted octanol–water partition coefficient (Wildman–Crippen LogP) is -12.0. The van der Waals surface area contributed by atoms with Crippen LogP contribution in [-0.2, 0) is 32.0 Å². The molecule has 3 heterocycles. The molecule has 0 spiro atoms. The van der Waals surface area contributed by atoms with Crippen LogP contribution in [0.3, 0.4) is 0 Å². The molecule has 0 radical (unpaired) electrons. The van der Waals surface area contributed by atoms with E-state index in [2.05, 4.69) is 13.4 Å². The molecule has 2 aliphatic heterocycles. The maximum atomic E-state index is 12.0. The number of hydrogen-bond acceptors (Lipinski definition) is 17. The van der Waals surface area contributed by atoms with Gasteiger partial charge in [0, 0.05) is 12.3 Å². The molecule has 7 N–H and O–H groups in total. The van der Waals surface area contributed by atoms with Crippen LogP contribution >= 0.6 is 15.6 Å². The molecule has 0 aromatic carbocycles. The summed E-state index contributed by atoms with van der Waals surface area (Å²) < 4.78 is 47.1. The number of H-pyrrole nitrogens is 1. The van der Waals surface area contributed by atoms with E-state index in [-0.39, 0.29) is 59.1 Å². The number of ether oxygens (including phenoxy) is 2. The van der Waals surface area contributed by atoms with Crippen molar-refractivity contribution in [1.29, 1.82) is 0 Å². The Morgan fingerprint density at radius 2 is 1.53 bits per heavy atom. The minimum absolute atomic E-state index is 0. The van der Waals surface area contributed by atoms with E-state index < -0.39 is 95.4 Å². The van der Waals surface area contributed by atoms with Crippen molar-refractivity contribution in [3.63, 3.8) is 0 Å². The number of phosphoric acid groups is 2. The Balaban J connectivity index is 0.00000361. The first-order valence-corrected chi connectivity index (χ1v) is 12.9. The first-order valence-electron chi connectivity index (χ1n) is 9.96. The molecule has 11 atom stereocenters. The summed E-state index contributed by atoms with van der Waals surface area (Å²) in [5.74, 6) is 0. The van der Waals surface area contributed by atoms with Crippen molar-refractivity contribution in [2.24, 2.45) is 0 Å². The summed E-state index contributed by atoms with van der Waals surface area (Å²) in [6.07, 6.45) is -15.8. The summed E-state index contributed by atoms with van der Waals surface area (Å²) in [5.41, 5.74) is -1.78. The van der Waals surface area contributed by atoms with Gasteiger partial charge in [0.1, 0.15) is 42.7 Å². The Kier molecular flexibility index (Phi) is 14.2. The van der Waals surface area contributed by atoms with Gasteiger partial charge in [-0.1, -0.05) is 0 Å². The largest absolute Gasteiger partial charge is 1.00 e. The standard InChI is InChI=1S/C15H24N2O17P2.2Na/c18-3-5-8(20)10(22)12(24)14(32-5)33-36(28,29)34-35(26,27)30-4-6-9(21)11(23)13(31-6)17-2-1-7(19)16-15(17)25;;/h1-2,5-6,8-14,18,20-24H,3-4H2,(H,26,27)(H,28,29)(H,16,19,25);;/q;2*+1/p-2/t5-,6-,8+,9-,10+,11-,12-,13-,14-;;/m1../s1/i14+1;;. The van der Waals surface area contributed by atoms with Crippen LogP contribution in [0.1, 0.15) is 6.23 Å². The van der Waals surface area contributed by atoms with E-state index in [1.54, 1.807) is 0 Å². The maximum Gasteiger partial charge on any atom is 1.00 e. The van der Waals surface area contributed by atoms with Gasteiger partial charge in [-0.3, -0.25) is 28.0 Å². The Bertz CT molecular complexity index is 1140. The first kappa shape index (κ1) is 36.6. The normalized spacial score (nSPS) is 36.4. The van der Waals surface area contributed by atoms with Crippen LogP contribution in [0, 0.1) is 0 Å². The number of phosphoric ester groups is 2. The van der Waals surface area contributed by atoms with E-state index in [0.29, 0.717) is 4.57 Å². The van der Waals surface area contributed by atoms with Crippen LogP contribution in [0.5, 0.6) is 0 Å². The van der Waals surface area contributed by atoms with E-state index in [9.17, 15) is 54.0 Å². The molecule has 206 valence electrons. The second kappa shape index (κ2) is 14.7. The van der Waals surface area contributed by atoms with Crippen LogP contribution < -0.4 is 80.2 Å². The van der Waals surface area contributed by atoms with E-state index in [1.165, 1.54) is 0 Å². The molecule has 1 aromatic heterocycles. The van der Waals surface area contributed by atoms with Gasteiger partial charge in [0.05, 0.1) is 13.2 Å². The minimum Gasteiger partial charge on any atom is -0.756 e. The fourth-order valence-electron chi connectivity index (χ4n) is 3.34. The molecule has 0 saturated carbocycles. The zero-order valence-corrected chi connectivity index (χ0v) is 25.6. The van der Waals surface area contributed by atoms with E-state index in [4.69, 9.17) is 14.6 Å². The van der Waals surface area contributed by atoms with E-state index in [0.717, 1.165) is 12.3 Å². The Morgan fingerprint density at radius 3 is 2.11 bits per heavy atom. The third kappa shape index (κ3) is 8.81. The molecule has 2 aliphatic rings. The van der Waals surface area contributed by atoms with Crippen LogP contribution in [0.4, 0.5) is 0 Å². The third-order valence-electron chi connectivity index (χ3n) is 5.14. The second-order valence-corrected chi connectivity index (χ2v) is 10.5. The summed E-state index contributed by atoms with van der Waals surface area (Å²) in [5, 5.41) is 58.4. The number of nitrogens with one attached hydrogen (secondary N) is 1. The zero-order valence-electron chi connectivity index (χ0n) is 19.8. The number of aliphatic hydroxyl groups is 6. The van der Waals surface area contributed by atoms with Crippen molar-refractivity contribution in [1.82, 2.24) is 9.55 Å². The topological polar surface area (TPSA) is 303 Å². The third-order valence-corrected chi connectivity index (χ3v) is 7.67. The fourth-order valence-corrected chi connectivity index (χ4v) is 5.42. The summed E-state index contributed by atoms with van der Waals surface area (Å²) in [6, 6.07) is 0.911. The number of aliphatic hydroxyl groups excluding tert-OH is 6. The summed E-state index contributed by atoms with van der Waals surface area (Å²) in [4.78, 5) is 48.9. The van der Waals surface area contributed by atoms with Crippen LogP contribution in [0.15, 0.2) is 21.9 Å². The molecule has 2 fully saturated rings. The zero-order chi connectivity index (χ0) is 27.0. The van der Waals surface area contributed by atoms with E-state index >= 15 is 0 Å². The predicted molar refractivity (Wildman–Crippen MR) is 104 cm³/mol. The van der Waals surface area contributed by atoms with Crippen molar-refractivity contribution in [3.8, 4) is 0 Å². The molecule has 1 aromatic rings. The molecular formula is C15H22N2Na2O17P2. The van der Waals surface area contributed by atoms with Gasteiger partial charge >= 0.3 is 64.8 Å². The monoisotopic (exact) mass is 611 g/mol. The molecule has 23 heteroatoms. The molecule has 19 nitrogen and oxygen atoms in total. The maximum absolute atomic E-state index is 12.0. The van der Waals surface area contributed by atoms with Crippen molar-refractivity contribution >= 4 is 15.6 Å². The first-order chi connectivity index (χ1) is 16.7. The fraction of sp³-hybridized carbons (Fsp3) is 0.733. The minimum atomic E-state index is -5.90. The second-order valence-electron chi connectivity index (χ2n) is 7.64. The summed E-state index contributed by atoms with van der Waals surface area (Å²) in [7, 11) is -11.7. The summed E-state index contributed by atoms with van der Waals surface area (Å²) >= 11 is 0. The smallest absolute Gasteiger partial charge is 0.756 e. The van der Waals surface area contributed by atoms with Crippen LogP contribution in [-0.4, -0.2) is 102 Å². The molecule has 2 saturated heterocycles. The quantitative estimate of drug-likeness (QED) is 0.0774. The van der Waals surface area contributed by atoms with Crippen LogP contribution in [0.2, 0.25) is 0 Å². The van der Waals surface area contributed by atoms with Crippen LogP contribution in [0.25, 0.3) is 0 Å². The number of aromatic nitrogens is 2. The van der Waals surface area contributed by atoms with Gasteiger partial charge in [0.15, 0.2) is 12.5 Å². The number of rotatable bonds is 9. The van der Waals surface area contributed by atoms with Crippen molar-refractivity contribution < 1.29 is 132 Å². The SMILES string of the molecule is O=c1ccn([C@@H]2O[C@H](COP(=O)([O-])OP(=O)([O-])O[13C@H]3O[C@H](CO)[C@H](O)[C@H](O)[C@H]3O)[C@@H](O)[C@H]2O)c(=O)[nH]1.[Na+].[Na+]. The molecule has 38 heavy (non-hydrogen) atoms. The van der Waals surface area contributed by atoms with Gasteiger partial charge < -0.3 is 54.4 Å². The molecule has 0 bridgehead atoms. The molecular weight excluding hydrogens is 589 g/mol. The Hall–Kier alpha value is 0.620. The van der Waals surface area contributed by atoms with Gasteiger partial charge in [-0.05, 0) is 0 Å². The molecule has 2 unspecified atom stereocenters.